The molecule has 4 aromatic rings. The summed E-state index contributed by atoms with van der Waals surface area (Å²) >= 11 is 2.27. The highest BCUT2D eigenvalue weighted by molar-refractivity contribution is 8.00. The van der Waals surface area contributed by atoms with E-state index in [0.717, 1.165) is 16.2 Å². The van der Waals surface area contributed by atoms with Gasteiger partial charge in [-0.05, 0) is 19.9 Å². The number of oxime groups is 1. The number of thioether (sulfide) groups is 1. The van der Waals surface area contributed by atoms with Crippen LogP contribution in [0.15, 0.2) is 64.7 Å². The average Bonchev–Trinajstić information content (AvgIpc) is 3.78. The van der Waals surface area contributed by atoms with Gasteiger partial charge in [0.2, 0.25) is 5.60 Å². The molecule has 2 aliphatic rings. The van der Waals surface area contributed by atoms with Crippen molar-refractivity contribution < 1.29 is 43.3 Å². The lowest BCUT2D eigenvalue weighted by atomic mass is 10.0. The van der Waals surface area contributed by atoms with E-state index in [2.05, 4.69) is 15.5 Å². The third-order valence-corrected chi connectivity index (χ3v) is 10.1. The van der Waals surface area contributed by atoms with Gasteiger partial charge in [0.15, 0.2) is 29.2 Å². The number of amides is 2. The molecule has 1 fully saturated rings. The molecule has 1 saturated heterocycles. The average molecular weight is 726 g/mol. The Hall–Kier alpha value is -5.76. The SMILES string of the molecule is CC(C)(O/N=C(\C(=O)N[C@@H]1C(=O)N2C(C(=O)O)=C(C[n+]3ccc4n(Cc5ccc(C(=N)N)cc5F)ccn43)CS[C@H]12)c1csc(N)n1)C(=O)O. The number of nitrogen functional groups attached to an aromatic ring is 2. The van der Waals surface area contributed by atoms with Gasteiger partial charge < -0.3 is 36.4 Å². The van der Waals surface area contributed by atoms with Gasteiger partial charge in [0.1, 0.15) is 34.5 Å². The number of carboxylic acid groups (broad SMARTS) is 2. The molecule has 2 aliphatic heterocycles. The molecule has 2 amide bonds. The lowest BCUT2D eigenvalue weighted by Gasteiger charge is -2.49. The van der Waals surface area contributed by atoms with E-state index in [9.17, 15) is 33.8 Å². The van der Waals surface area contributed by atoms with Gasteiger partial charge in [-0.1, -0.05) is 17.3 Å². The third kappa shape index (κ3) is 6.25. The van der Waals surface area contributed by atoms with Gasteiger partial charge in [0.25, 0.3) is 11.8 Å². The summed E-state index contributed by atoms with van der Waals surface area (Å²) in [4.78, 5) is 61.1. The van der Waals surface area contributed by atoms with Crippen molar-refractivity contribution in [1.82, 2.24) is 24.3 Å². The smallest absolute Gasteiger partial charge is 0.352 e. The van der Waals surface area contributed by atoms with Gasteiger partial charge in [-0.3, -0.25) is 19.9 Å². The topological polar surface area (TPSA) is 248 Å². The Morgan fingerprint density at radius 1 is 1.26 bits per heavy atom. The first-order chi connectivity index (χ1) is 23.7. The standard InChI is InChI=1S/C30H29FN10O7S2/c1-30(2,28(46)47)48-37-20(18-13-50-29(34)35-18)24(42)36-21-25(43)41-22(27(44)45)16(12-49-26(21)41)11-39-6-5-19-38(7-8-40(19)39)10-15-4-3-14(23(32)33)9-17(15)31/h3-9,13,21,26H,10-12H2,1-2H3,(H7-,32,33,34,35,36,42,44,45,46,47)/p+1/b37-20-/t21-,26-/m1/s1. The van der Waals surface area contributed by atoms with Crippen molar-refractivity contribution in [2.24, 2.45) is 10.9 Å². The van der Waals surface area contributed by atoms with Gasteiger partial charge in [0.05, 0.1) is 18.8 Å². The highest BCUT2D eigenvalue weighted by Gasteiger charge is 2.55. The first-order valence-corrected chi connectivity index (χ1v) is 16.7. The van der Waals surface area contributed by atoms with Crippen LogP contribution in [0, 0.1) is 11.2 Å². The number of benzene rings is 1. The van der Waals surface area contributed by atoms with Crippen LogP contribution in [0.3, 0.4) is 0 Å². The summed E-state index contributed by atoms with van der Waals surface area (Å²) in [5, 5.41) is 34.2. The summed E-state index contributed by atoms with van der Waals surface area (Å²) in [6.45, 7) is 2.77. The van der Waals surface area contributed by atoms with Crippen molar-refractivity contribution in [2.75, 3.05) is 11.5 Å². The van der Waals surface area contributed by atoms with Gasteiger partial charge in [-0.25, -0.2) is 19.0 Å². The number of aliphatic carboxylic acids is 2. The largest absolute Gasteiger partial charge is 0.478 e. The maximum Gasteiger partial charge on any atom is 0.352 e. The molecule has 5 heterocycles. The Morgan fingerprint density at radius 2 is 2.02 bits per heavy atom. The maximum absolute atomic E-state index is 14.7. The number of hydrogen-bond acceptors (Lipinski definition) is 11. The number of carbonyl (C=O) groups excluding carboxylic acids is 2. The minimum absolute atomic E-state index is 0.0000794. The lowest BCUT2D eigenvalue weighted by molar-refractivity contribution is -0.753. The van der Waals surface area contributed by atoms with E-state index in [4.69, 9.17) is 21.7 Å². The summed E-state index contributed by atoms with van der Waals surface area (Å²) in [5.74, 6) is -4.74. The number of thiazole rings is 1. The molecule has 1 aromatic carbocycles. The van der Waals surface area contributed by atoms with Crippen LogP contribution in [0.2, 0.25) is 0 Å². The van der Waals surface area contributed by atoms with E-state index in [0.29, 0.717) is 16.8 Å². The van der Waals surface area contributed by atoms with Crippen molar-refractivity contribution in [3.05, 3.63) is 82.1 Å². The van der Waals surface area contributed by atoms with Gasteiger partial charge in [0, 0.05) is 34.0 Å². The molecule has 2 atom stereocenters. The number of carbonyl (C=O) groups is 4. The Bertz CT molecular complexity index is 2150. The molecule has 0 unspecified atom stereocenters. The summed E-state index contributed by atoms with van der Waals surface area (Å²) in [5.41, 5.74) is 10.6. The number of anilines is 1. The second-order valence-corrected chi connectivity index (χ2v) is 13.8. The van der Waals surface area contributed by atoms with Crippen LogP contribution in [0.4, 0.5) is 9.52 Å². The van der Waals surface area contributed by atoms with Crippen LogP contribution in [-0.4, -0.2) is 87.2 Å². The van der Waals surface area contributed by atoms with Gasteiger partial charge >= 0.3 is 11.9 Å². The molecular formula is C30H30FN10O7S2+. The first kappa shape index (κ1) is 34.1. The Kier molecular flexibility index (Phi) is 8.82. The summed E-state index contributed by atoms with van der Waals surface area (Å²) < 4.78 is 20.1. The van der Waals surface area contributed by atoms with E-state index in [1.165, 1.54) is 37.1 Å². The van der Waals surface area contributed by atoms with E-state index in [1.807, 2.05) is 0 Å². The fourth-order valence-electron chi connectivity index (χ4n) is 5.34. The number of nitrogens with zero attached hydrogens (tertiary/aromatic N) is 6. The van der Waals surface area contributed by atoms with Crippen LogP contribution < -0.4 is 21.5 Å². The molecule has 0 bridgehead atoms. The van der Waals surface area contributed by atoms with Gasteiger partial charge in [-0.2, -0.15) is 0 Å². The molecule has 8 N–H and O–H groups in total. The normalized spacial score (nSPS) is 17.8. The molecule has 17 nitrogen and oxygen atoms in total. The summed E-state index contributed by atoms with van der Waals surface area (Å²) in [6.07, 6.45) is 5.23. The Labute approximate surface area is 290 Å². The predicted octanol–water partition coefficient (Wildman–Crippen LogP) is 0.561. The van der Waals surface area contributed by atoms with Crippen LogP contribution in [-0.2, 0) is 37.1 Å². The minimum Gasteiger partial charge on any atom is -0.478 e. The number of nitrogens with two attached hydrogens (primary N) is 2. The molecule has 0 radical (unpaired) electrons. The summed E-state index contributed by atoms with van der Waals surface area (Å²) in [7, 11) is 0. The highest BCUT2D eigenvalue weighted by Crippen LogP contribution is 2.40. The van der Waals surface area contributed by atoms with Crippen molar-refractivity contribution in [1.29, 1.82) is 5.41 Å². The molecule has 3 aromatic heterocycles. The van der Waals surface area contributed by atoms with E-state index in [1.54, 1.807) is 50.6 Å². The monoisotopic (exact) mass is 725 g/mol. The molecular weight excluding hydrogens is 696 g/mol. The van der Waals surface area contributed by atoms with Crippen LogP contribution in [0.1, 0.15) is 30.7 Å². The number of carboxylic acids is 2. The quantitative estimate of drug-likeness (QED) is 0.0387. The number of rotatable bonds is 12. The van der Waals surface area contributed by atoms with Crippen LogP contribution in [0.25, 0.3) is 5.65 Å². The van der Waals surface area contributed by atoms with Gasteiger partial charge in [-0.15, -0.1) is 32.3 Å². The van der Waals surface area contributed by atoms with E-state index in [-0.39, 0.29) is 46.8 Å². The second kappa shape index (κ2) is 12.9. The number of imidazole rings is 1. The van der Waals surface area contributed by atoms with Crippen molar-refractivity contribution in [2.45, 2.75) is 44.0 Å². The molecule has 0 spiro atoms. The number of aromatic nitrogens is 4. The van der Waals surface area contributed by atoms with Crippen molar-refractivity contribution >= 4 is 69.2 Å². The number of amidine groups is 1. The third-order valence-electron chi connectivity index (χ3n) is 8.04. The van der Waals surface area contributed by atoms with Crippen LogP contribution in [0.5, 0.6) is 0 Å². The fourth-order valence-corrected chi connectivity index (χ4v) is 7.22. The zero-order chi connectivity index (χ0) is 36.1. The summed E-state index contributed by atoms with van der Waals surface area (Å²) in [6, 6.07) is 5.01. The van der Waals surface area contributed by atoms with Crippen molar-refractivity contribution in [3.63, 3.8) is 0 Å². The van der Waals surface area contributed by atoms with Crippen molar-refractivity contribution in [3.8, 4) is 0 Å². The molecule has 20 heteroatoms. The minimum atomic E-state index is -1.79. The second-order valence-electron chi connectivity index (χ2n) is 11.8. The fraction of sp³-hybridized carbons (Fsp3) is 0.267. The number of halogens is 1. The van der Waals surface area contributed by atoms with Crippen LogP contribution >= 0.6 is 23.1 Å². The number of β-lactam (4-membered cyclic amide) rings is 1. The maximum atomic E-state index is 14.7. The number of hydrogen-bond donors (Lipinski definition) is 6. The van der Waals surface area contributed by atoms with E-state index >= 15 is 0 Å². The Balaban J connectivity index is 1.20. The predicted molar refractivity (Wildman–Crippen MR) is 178 cm³/mol. The first-order valence-electron chi connectivity index (χ1n) is 14.8. The zero-order valence-electron chi connectivity index (χ0n) is 26.4. The molecule has 0 saturated carbocycles. The van der Waals surface area contributed by atoms with E-state index < -0.39 is 52.3 Å². The molecule has 6 rings (SSSR count). The molecule has 260 valence electrons. The number of fused-ring (bicyclic) bond motifs is 2. The molecule has 0 aliphatic carbocycles. The lowest BCUT2D eigenvalue weighted by Crippen LogP contribution is -2.71. The zero-order valence-corrected chi connectivity index (χ0v) is 28.0. The molecule has 50 heavy (non-hydrogen) atoms. The number of nitrogens with one attached hydrogen (secondary N) is 2. The highest BCUT2D eigenvalue weighted by atomic mass is 32.2. The Morgan fingerprint density at radius 3 is 2.66 bits per heavy atom.